The zero-order chi connectivity index (χ0) is 19.0. The molecule has 0 N–H and O–H groups in total. The van der Waals surface area contributed by atoms with Gasteiger partial charge in [0.05, 0.1) is 0 Å². The van der Waals surface area contributed by atoms with Crippen molar-refractivity contribution in [1.29, 1.82) is 0 Å². The van der Waals surface area contributed by atoms with Crippen molar-refractivity contribution in [2.45, 2.75) is 57.8 Å². The van der Waals surface area contributed by atoms with E-state index in [-0.39, 0.29) is 5.41 Å². The van der Waals surface area contributed by atoms with Crippen molar-refractivity contribution in [1.82, 2.24) is 0 Å². The molecule has 1 fully saturated rings. The molecule has 0 aliphatic heterocycles. The lowest BCUT2D eigenvalue weighted by Gasteiger charge is -2.25. The van der Waals surface area contributed by atoms with Crippen molar-refractivity contribution >= 4 is 0 Å². The fraction of sp³-hybridized carbons (Fsp3) is 0.333. The Morgan fingerprint density at radius 1 is 0.556 bits per heavy atom. The van der Waals surface area contributed by atoms with E-state index in [1.807, 2.05) is 0 Å². The van der Waals surface area contributed by atoms with E-state index in [0.29, 0.717) is 11.8 Å². The molecule has 0 spiro atoms. The summed E-state index contributed by atoms with van der Waals surface area (Å²) in [5, 5.41) is 0. The van der Waals surface area contributed by atoms with Crippen LogP contribution in [0.5, 0.6) is 0 Å². The maximum absolute atomic E-state index is 2.47. The normalized spacial score (nSPS) is 24.9. The highest BCUT2D eigenvalue weighted by Gasteiger charge is 2.44. The van der Waals surface area contributed by atoms with Gasteiger partial charge in [0, 0.05) is 0 Å². The molecule has 0 amide bonds. The molecule has 0 heteroatoms. The highest BCUT2D eigenvalue weighted by Crippen LogP contribution is 2.55. The van der Waals surface area contributed by atoms with Gasteiger partial charge in [0.15, 0.2) is 0 Å². The van der Waals surface area contributed by atoms with Gasteiger partial charge in [-0.1, -0.05) is 96.4 Å². The fourth-order valence-corrected chi connectivity index (χ4v) is 4.86. The van der Waals surface area contributed by atoms with Crippen molar-refractivity contribution in [3.63, 3.8) is 0 Å². The third-order valence-corrected chi connectivity index (χ3v) is 6.59. The van der Waals surface area contributed by atoms with E-state index >= 15 is 0 Å². The standard InChI is InChI=1S/C27H30/c1-19-5-11-22(12-6-19)25-17-27(4,24-15-9-21(3)10-16-24)18-26(25)23-13-7-20(2)8-14-23/h5-16,25-26H,17-18H2,1-4H3/t25-,26?,27?/m1/s1. The predicted octanol–water partition coefficient (Wildman–Crippen LogP) is 7.23. The van der Waals surface area contributed by atoms with Crippen LogP contribution < -0.4 is 0 Å². The topological polar surface area (TPSA) is 0 Å². The van der Waals surface area contributed by atoms with Gasteiger partial charge < -0.3 is 0 Å². The van der Waals surface area contributed by atoms with E-state index < -0.39 is 0 Å². The minimum atomic E-state index is 0.221. The Labute approximate surface area is 164 Å². The monoisotopic (exact) mass is 354 g/mol. The second kappa shape index (κ2) is 7.00. The van der Waals surface area contributed by atoms with Crippen molar-refractivity contribution in [3.05, 3.63) is 106 Å². The van der Waals surface area contributed by atoms with Gasteiger partial charge in [-0.3, -0.25) is 0 Å². The summed E-state index contributed by atoms with van der Waals surface area (Å²) in [5.41, 5.74) is 8.70. The molecule has 3 aromatic rings. The molecule has 0 nitrogen and oxygen atoms in total. The molecule has 0 heterocycles. The Hall–Kier alpha value is -2.34. The Balaban J connectivity index is 1.75. The maximum Gasteiger partial charge on any atom is -0.00632 e. The zero-order valence-electron chi connectivity index (χ0n) is 17.0. The van der Waals surface area contributed by atoms with Crippen LogP contribution in [-0.2, 0) is 5.41 Å². The molecule has 138 valence electrons. The summed E-state index contributed by atoms with van der Waals surface area (Å²) < 4.78 is 0. The first-order chi connectivity index (χ1) is 12.9. The van der Waals surface area contributed by atoms with E-state index in [2.05, 4.69) is 100 Å². The van der Waals surface area contributed by atoms with Gasteiger partial charge in [-0.25, -0.2) is 0 Å². The third kappa shape index (κ3) is 3.58. The molecular weight excluding hydrogens is 324 g/mol. The summed E-state index contributed by atoms with van der Waals surface area (Å²) in [6.07, 6.45) is 2.41. The molecule has 0 bridgehead atoms. The van der Waals surface area contributed by atoms with Crippen molar-refractivity contribution in [3.8, 4) is 0 Å². The summed E-state index contributed by atoms with van der Waals surface area (Å²) >= 11 is 0. The molecule has 27 heavy (non-hydrogen) atoms. The highest BCUT2D eigenvalue weighted by molar-refractivity contribution is 5.39. The van der Waals surface area contributed by atoms with Crippen molar-refractivity contribution in [2.24, 2.45) is 0 Å². The number of hydrogen-bond donors (Lipinski definition) is 0. The van der Waals surface area contributed by atoms with Gasteiger partial charge in [0.1, 0.15) is 0 Å². The first kappa shape index (κ1) is 18.0. The summed E-state index contributed by atoms with van der Waals surface area (Å²) in [6.45, 7) is 8.98. The molecule has 0 saturated heterocycles. The average molecular weight is 355 g/mol. The SMILES string of the molecule is Cc1ccc(C2CC(C)(c3ccc(C)cc3)C[C@@H]2c2ccc(C)cc2)cc1. The first-order valence-corrected chi connectivity index (χ1v) is 10.1. The predicted molar refractivity (Wildman–Crippen MR) is 116 cm³/mol. The zero-order valence-corrected chi connectivity index (χ0v) is 17.0. The molecular formula is C27H30. The number of rotatable bonds is 3. The van der Waals surface area contributed by atoms with E-state index in [0.717, 1.165) is 0 Å². The lowest BCUT2D eigenvalue weighted by Crippen LogP contribution is -2.17. The molecule has 3 atom stereocenters. The van der Waals surface area contributed by atoms with Gasteiger partial charge in [-0.2, -0.15) is 0 Å². The minimum absolute atomic E-state index is 0.221. The fourth-order valence-electron chi connectivity index (χ4n) is 4.86. The average Bonchev–Trinajstić information content (AvgIpc) is 3.02. The van der Waals surface area contributed by atoms with Crippen LogP contribution in [0.4, 0.5) is 0 Å². The van der Waals surface area contributed by atoms with Crippen molar-refractivity contribution in [2.75, 3.05) is 0 Å². The smallest absolute Gasteiger partial charge is 0.00632 e. The lowest BCUT2D eigenvalue weighted by atomic mass is 9.79. The molecule has 1 saturated carbocycles. The van der Waals surface area contributed by atoms with Gasteiger partial charge in [0.2, 0.25) is 0 Å². The van der Waals surface area contributed by atoms with Gasteiger partial charge >= 0.3 is 0 Å². The minimum Gasteiger partial charge on any atom is -0.0590 e. The largest absolute Gasteiger partial charge is 0.0590 e. The lowest BCUT2D eigenvalue weighted by molar-refractivity contribution is 0.479. The summed E-state index contributed by atoms with van der Waals surface area (Å²) in [5.74, 6) is 1.14. The number of benzene rings is 3. The van der Waals surface area contributed by atoms with Crippen LogP contribution >= 0.6 is 0 Å². The summed E-state index contributed by atoms with van der Waals surface area (Å²) in [6, 6.07) is 27.7. The van der Waals surface area contributed by atoms with Gasteiger partial charge in [-0.15, -0.1) is 0 Å². The van der Waals surface area contributed by atoms with Gasteiger partial charge in [0.25, 0.3) is 0 Å². The van der Waals surface area contributed by atoms with Crippen LogP contribution in [0.2, 0.25) is 0 Å². The summed E-state index contributed by atoms with van der Waals surface area (Å²) in [7, 11) is 0. The Morgan fingerprint density at radius 3 is 1.26 bits per heavy atom. The highest BCUT2D eigenvalue weighted by atomic mass is 14.5. The first-order valence-electron chi connectivity index (χ1n) is 10.1. The second-order valence-electron chi connectivity index (χ2n) is 8.87. The van der Waals surface area contributed by atoms with E-state index in [1.165, 1.54) is 46.2 Å². The number of hydrogen-bond acceptors (Lipinski definition) is 0. The second-order valence-corrected chi connectivity index (χ2v) is 8.87. The van der Waals surface area contributed by atoms with Crippen LogP contribution in [0.25, 0.3) is 0 Å². The van der Waals surface area contributed by atoms with Crippen LogP contribution in [0.3, 0.4) is 0 Å². The Kier molecular flexibility index (Phi) is 4.68. The molecule has 1 aliphatic rings. The third-order valence-electron chi connectivity index (χ3n) is 6.59. The van der Waals surface area contributed by atoms with Crippen LogP contribution in [0, 0.1) is 20.8 Å². The van der Waals surface area contributed by atoms with Crippen LogP contribution in [0.1, 0.15) is 65.0 Å². The van der Waals surface area contributed by atoms with Crippen molar-refractivity contribution < 1.29 is 0 Å². The Bertz CT molecular complexity index is 844. The van der Waals surface area contributed by atoms with Crippen LogP contribution in [-0.4, -0.2) is 0 Å². The molecule has 4 rings (SSSR count). The molecule has 3 aromatic carbocycles. The molecule has 0 radical (unpaired) electrons. The van der Waals surface area contributed by atoms with E-state index in [9.17, 15) is 0 Å². The molecule has 2 unspecified atom stereocenters. The Morgan fingerprint density at radius 2 is 0.889 bits per heavy atom. The quantitative estimate of drug-likeness (QED) is 0.465. The summed E-state index contributed by atoms with van der Waals surface area (Å²) in [4.78, 5) is 0. The van der Waals surface area contributed by atoms with Gasteiger partial charge in [-0.05, 0) is 67.6 Å². The number of aryl methyl sites for hydroxylation is 3. The van der Waals surface area contributed by atoms with E-state index in [1.54, 1.807) is 0 Å². The molecule has 0 aromatic heterocycles. The van der Waals surface area contributed by atoms with Crippen LogP contribution in [0.15, 0.2) is 72.8 Å². The maximum atomic E-state index is 2.47. The van der Waals surface area contributed by atoms with E-state index in [4.69, 9.17) is 0 Å². The molecule has 1 aliphatic carbocycles.